The maximum Gasteiger partial charge on any atom is 0.340 e. The molecule has 0 radical (unpaired) electrons. The molecule has 0 amide bonds. The van der Waals surface area contributed by atoms with Crippen molar-refractivity contribution in [3.8, 4) is 28.0 Å². The Balaban J connectivity index is 1.64. The standard InChI is InChI=1S/C30H24ClNO3/c1-2-35-30(34)28-26-18-24(33)17-25(22-13-11-21(12-14-22)20-8-4-3-5-9-20)29(26)32-27(28)16-19-7-6-10-23(31)15-19/h3-15,17-18,32-33H,2,16H2,1H3. The second-order valence-corrected chi connectivity index (χ2v) is 8.80. The first kappa shape index (κ1) is 22.8. The smallest absolute Gasteiger partial charge is 0.340 e. The van der Waals surface area contributed by atoms with Gasteiger partial charge in [0.25, 0.3) is 0 Å². The summed E-state index contributed by atoms with van der Waals surface area (Å²) in [5.41, 5.74) is 6.86. The van der Waals surface area contributed by atoms with Gasteiger partial charge in [-0.2, -0.15) is 0 Å². The summed E-state index contributed by atoms with van der Waals surface area (Å²) in [4.78, 5) is 16.5. The van der Waals surface area contributed by atoms with Crippen molar-refractivity contribution < 1.29 is 14.6 Å². The van der Waals surface area contributed by atoms with Crippen LogP contribution in [0.3, 0.4) is 0 Å². The molecule has 0 aliphatic heterocycles. The predicted octanol–water partition coefficient (Wildman–Crippen LogP) is 7.63. The fourth-order valence-electron chi connectivity index (χ4n) is 4.46. The first-order chi connectivity index (χ1) is 17.0. The average molecular weight is 482 g/mol. The number of aromatic nitrogens is 1. The number of halogens is 1. The highest BCUT2D eigenvalue weighted by atomic mass is 35.5. The molecule has 0 aliphatic rings. The number of hydrogen-bond donors (Lipinski definition) is 2. The van der Waals surface area contributed by atoms with Crippen LogP contribution in [0.25, 0.3) is 33.2 Å². The summed E-state index contributed by atoms with van der Waals surface area (Å²) in [5.74, 6) is -0.342. The molecular weight excluding hydrogens is 458 g/mol. The summed E-state index contributed by atoms with van der Waals surface area (Å²) in [6, 6.07) is 29.2. The van der Waals surface area contributed by atoms with Gasteiger partial charge in [-0.25, -0.2) is 4.79 Å². The van der Waals surface area contributed by atoms with Crippen molar-refractivity contribution in [1.29, 1.82) is 0 Å². The number of H-pyrrole nitrogens is 1. The minimum atomic E-state index is -0.424. The van der Waals surface area contributed by atoms with E-state index in [0.717, 1.165) is 33.3 Å². The molecule has 5 aromatic rings. The molecule has 4 nitrogen and oxygen atoms in total. The van der Waals surface area contributed by atoms with Crippen molar-refractivity contribution in [2.45, 2.75) is 13.3 Å². The normalized spacial score (nSPS) is 11.0. The summed E-state index contributed by atoms with van der Waals surface area (Å²) >= 11 is 6.19. The Hall–Kier alpha value is -4.02. The molecule has 5 heteroatoms. The van der Waals surface area contributed by atoms with E-state index in [1.807, 2.05) is 54.6 Å². The van der Waals surface area contributed by atoms with Crippen LogP contribution in [0.1, 0.15) is 28.5 Å². The van der Waals surface area contributed by atoms with Crippen LogP contribution in [0.4, 0.5) is 0 Å². The monoisotopic (exact) mass is 481 g/mol. The van der Waals surface area contributed by atoms with Gasteiger partial charge in [0.05, 0.1) is 17.7 Å². The number of carbonyl (C=O) groups is 1. The number of rotatable bonds is 6. The Bertz CT molecular complexity index is 1500. The van der Waals surface area contributed by atoms with Crippen molar-refractivity contribution in [3.63, 3.8) is 0 Å². The van der Waals surface area contributed by atoms with E-state index in [2.05, 4.69) is 29.2 Å². The summed E-state index contributed by atoms with van der Waals surface area (Å²) in [6.45, 7) is 2.04. The lowest BCUT2D eigenvalue weighted by Gasteiger charge is -2.08. The van der Waals surface area contributed by atoms with Crippen molar-refractivity contribution in [2.24, 2.45) is 0 Å². The maximum absolute atomic E-state index is 13.0. The number of carbonyl (C=O) groups excluding carboxylic acids is 1. The fourth-order valence-corrected chi connectivity index (χ4v) is 4.67. The molecule has 1 heterocycles. The molecular formula is C30H24ClNO3. The quantitative estimate of drug-likeness (QED) is 0.245. The lowest BCUT2D eigenvalue weighted by molar-refractivity contribution is 0.0527. The maximum atomic E-state index is 13.0. The van der Waals surface area contributed by atoms with Crippen molar-refractivity contribution >= 4 is 28.5 Å². The number of phenols is 1. The molecule has 0 fully saturated rings. The van der Waals surface area contributed by atoms with Crippen LogP contribution in [0.2, 0.25) is 5.02 Å². The van der Waals surface area contributed by atoms with E-state index in [9.17, 15) is 9.90 Å². The molecule has 0 atom stereocenters. The summed E-state index contributed by atoms with van der Waals surface area (Å²) in [6.07, 6.45) is 0.469. The highest BCUT2D eigenvalue weighted by Crippen LogP contribution is 2.37. The third-order valence-corrected chi connectivity index (χ3v) is 6.26. The summed E-state index contributed by atoms with van der Waals surface area (Å²) in [7, 11) is 0. The Kier molecular flexibility index (Phi) is 6.30. The van der Waals surface area contributed by atoms with Crippen LogP contribution in [0.5, 0.6) is 5.75 Å². The van der Waals surface area contributed by atoms with Crippen LogP contribution in [-0.4, -0.2) is 22.7 Å². The molecule has 35 heavy (non-hydrogen) atoms. The highest BCUT2D eigenvalue weighted by molar-refractivity contribution is 6.30. The number of hydrogen-bond acceptors (Lipinski definition) is 3. The molecule has 174 valence electrons. The second kappa shape index (κ2) is 9.69. The van der Waals surface area contributed by atoms with E-state index in [1.165, 1.54) is 0 Å². The van der Waals surface area contributed by atoms with E-state index in [-0.39, 0.29) is 12.4 Å². The van der Waals surface area contributed by atoms with E-state index in [1.54, 1.807) is 19.1 Å². The number of ether oxygens (including phenoxy) is 1. The number of aromatic hydroxyl groups is 1. The number of esters is 1. The SMILES string of the molecule is CCOC(=O)c1c(Cc2cccc(Cl)c2)[nH]c2c(-c3ccc(-c4ccccc4)cc3)cc(O)cc12. The minimum Gasteiger partial charge on any atom is -0.508 e. The number of nitrogens with one attached hydrogen (secondary N) is 1. The number of aromatic amines is 1. The van der Waals surface area contributed by atoms with Crippen LogP contribution in [0.15, 0.2) is 91.0 Å². The van der Waals surface area contributed by atoms with Gasteiger partial charge < -0.3 is 14.8 Å². The summed E-state index contributed by atoms with van der Waals surface area (Å²) < 4.78 is 5.38. The van der Waals surface area contributed by atoms with Gasteiger partial charge in [-0.3, -0.25) is 0 Å². The zero-order valence-electron chi connectivity index (χ0n) is 19.2. The third kappa shape index (κ3) is 4.66. The topological polar surface area (TPSA) is 62.3 Å². The molecule has 5 rings (SSSR count). The average Bonchev–Trinajstić information content (AvgIpc) is 3.22. The van der Waals surface area contributed by atoms with Crippen molar-refractivity contribution in [1.82, 2.24) is 4.98 Å². The van der Waals surface area contributed by atoms with Crippen molar-refractivity contribution in [2.75, 3.05) is 6.61 Å². The van der Waals surface area contributed by atoms with E-state index in [4.69, 9.17) is 16.3 Å². The summed E-state index contributed by atoms with van der Waals surface area (Å²) in [5, 5.41) is 11.9. The van der Waals surface area contributed by atoms with Gasteiger partial charge in [-0.05, 0) is 53.4 Å². The van der Waals surface area contributed by atoms with E-state index < -0.39 is 5.97 Å². The van der Waals surface area contributed by atoms with Gasteiger partial charge >= 0.3 is 5.97 Å². The minimum absolute atomic E-state index is 0.0819. The predicted molar refractivity (Wildman–Crippen MR) is 141 cm³/mol. The van der Waals surface area contributed by atoms with E-state index in [0.29, 0.717) is 28.1 Å². The van der Waals surface area contributed by atoms with E-state index >= 15 is 0 Å². The largest absolute Gasteiger partial charge is 0.508 e. The van der Waals surface area contributed by atoms with Gasteiger partial charge in [0.15, 0.2) is 0 Å². The Morgan fingerprint density at radius 1 is 0.886 bits per heavy atom. The van der Waals surface area contributed by atoms with Gasteiger partial charge in [0.2, 0.25) is 0 Å². The van der Waals surface area contributed by atoms with Crippen LogP contribution in [0, 0.1) is 0 Å². The molecule has 4 aromatic carbocycles. The zero-order valence-corrected chi connectivity index (χ0v) is 20.0. The van der Waals surface area contributed by atoms with Crippen LogP contribution in [-0.2, 0) is 11.2 Å². The Morgan fingerprint density at radius 2 is 1.60 bits per heavy atom. The second-order valence-electron chi connectivity index (χ2n) is 8.36. The van der Waals surface area contributed by atoms with Gasteiger partial charge in [0.1, 0.15) is 5.75 Å². The molecule has 0 saturated heterocycles. The first-order valence-electron chi connectivity index (χ1n) is 11.5. The van der Waals surface area contributed by atoms with Crippen molar-refractivity contribution in [3.05, 3.63) is 113 Å². The van der Waals surface area contributed by atoms with Crippen LogP contribution >= 0.6 is 11.6 Å². The zero-order chi connectivity index (χ0) is 24.4. The lowest BCUT2D eigenvalue weighted by atomic mass is 9.97. The third-order valence-electron chi connectivity index (χ3n) is 6.02. The van der Waals surface area contributed by atoms with Gasteiger partial charge in [0, 0.05) is 28.1 Å². The molecule has 0 aliphatic carbocycles. The van der Waals surface area contributed by atoms with Gasteiger partial charge in [-0.1, -0.05) is 78.3 Å². The highest BCUT2D eigenvalue weighted by Gasteiger charge is 2.23. The van der Waals surface area contributed by atoms with Gasteiger partial charge in [-0.15, -0.1) is 0 Å². The molecule has 0 spiro atoms. The molecule has 1 aromatic heterocycles. The molecule has 0 bridgehead atoms. The van der Waals surface area contributed by atoms with Crippen LogP contribution < -0.4 is 0 Å². The molecule has 0 saturated carbocycles. The number of fused-ring (bicyclic) bond motifs is 1. The number of phenolic OH excluding ortho intramolecular Hbond substituents is 1. The fraction of sp³-hybridized carbons (Fsp3) is 0.100. The molecule has 2 N–H and O–H groups in total. The molecule has 0 unspecified atom stereocenters. The Morgan fingerprint density at radius 3 is 2.31 bits per heavy atom. The first-order valence-corrected chi connectivity index (χ1v) is 11.9. The lowest BCUT2D eigenvalue weighted by Crippen LogP contribution is -2.07. The Labute approximate surface area is 208 Å². The number of benzene rings is 4.